The van der Waals surface area contributed by atoms with E-state index in [4.69, 9.17) is 4.74 Å². The fourth-order valence-corrected chi connectivity index (χ4v) is 2.33. The second-order valence-electron chi connectivity index (χ2n) is 2.72. The number of hydrogen-bond acceptors (Lipinski definition) is 4. The first-order valence-electron chi connectivity index (χ1n) is 3.92. The summed E-state index contributed by atoms with van der Waals surface area (Å²) in [5.74, 6) is 0.689. The van der Waals surface area contributed by atoms with Gasteiger partial charge >= 0.3 is 0 Å². The number of benzene rings is 1. The third-order valence-corrected chi connectivity index (χ3v) is 2.96. The number of ether oxygens (including phenoxy) is 1. The predicted molar refractivity (Wildman–Crippen MR) is 55.0 cm³/mol. The molecule has 0 aliphatic carbocycles. The number of hydrogen-bond donors (Lipinski definition) is 0. The lowest BCUT2D eigenvalue weighted by Gasteiger charge is -1.96. The van der Waals surface area contributed by atoms with Crippen molar-refractivity contribution in [1.29, 1.82) is 0 Å². The van der Waals surface area contributed by atoms with Crippen LogP contribution in [0.1, 0.15) is 0 Å². The van der Waals surface area contributed by atoms with Crippen molar-refractivity contribution in [2.24, 2.45) is 0 Å². The number of fused-ring (bicyclic) bond motifs is 1. The van der Waals surface area contributed by atoms with Gasteiger partial charge in [-0.05, 0) is 6.07 Å². The van der Waals surface area contributed by atoms with Crippen molar-refractivity contribution in [2.75, 3.05) is 7.11 Å². The van der Waals surface area contributed by atoms with E-state index in [1.165, 1.54) is 17.4 Å². The van der Waals surface area contributed by atoms with Gasteiger partial charge in [0, 0.05) is 16.8 Å². The van der Waals surface area contributed by atoms with Crippen LogP contribution in [-0.2, 0) is 0 Å². The van der Waals surface area contributed by atoms with Crippen LogP contribution in [0.4, 0.5) is 5.69 Å². The first-order valence-corrected chi connectivity index (χ1v) is 4.80. The molecule has 0 saturated carbocycles. The minimum absolute atomic E-state index is 0.135. The summed E-state index contributed by atoms with van der Waals surface area (Å²) >= 11 is 1.33. The van der Waals surface area contributed by atoms with Gasteiger partial charge in [-0.15, -0.1) is 11.3 Å². The minimum atomic E-state index is -0.377. The van der Waals surface area contributed by atoms with Gasteiger partial charge in [-0.1, -0.05) is 6.07 Å². The van der Waals surface area contributed by atoms with Gasteiger partial charge in [-0.2, -0.15) is 0 Å². The van der Waals surface area contributed by atoms with Crippen LogP contribution in [0.25, 0.3) is 10.1 Å². The smallest absolute Gasteiger partial charge is 0.287 e. The van der Waals surface area contributed by atoms with Crippen LogP contribution in [0.15, 0.2) is 23.6 Å². The molecule has 2 aromatic rings. The van der Waals surface area contributed by atoms with Crippen molar-refractivity contribution in [3.63, 3.8) is 0 Å². The Balaban J connectivity index is 2.76. The van der Waals surface area contributed by atoms with E-state index in [1.807, 2.05) is 6.07 Å². The van der Waals surface area contributed by atoms with E-state index < -0.39 is 0 Å². The van der Waals surface area contributed by atoms with Gasteiger partial charge in [-0.25, -0.2) is 0 Å². The van der Waals surface area contributed by atoms with Crippen LogP contribution in [0, 0.1) is 10.1 Å². The first-order chi connectivity index (χ1) is 6.74. The molecule has 1 aromatic carbocycles. The highest BCUT2D eigenvalue weighted by Crippen LogP contribution is 2.37. The van der Waals surface area contributed by atoms with Crippen molar-refractivity contribution in [2.45, 2.75) is 0 Å². The maximum absolute atomic E-state index is 10.7. The van der Waals surface area contributed by atoms with Crippen LogP contribution in [-0.4, -0.2) is 12.0 Å². The molecule has 14 heavy (non-hydrogen) atoms. The van der Waals surface area contributed by atoms with E-state index in [0.717, 1.165) is 5.39 Å². The van der Waals surface area contributed by atoms with E-state index >= 15 is 0 Å². The Morgan fingerprint density at radius 2 is 2.29 bits per heavy atom. The first kappa shape index (κ1) is 8.96. The van der Waals surface area contributed by atoms with E-state index in [-0.39, 0.29) is 10.6 Å². The molecule has 0 radical (unpaired) electrons. The Morgan fingerprint density at radius 1 is 1.50 bits per heavy atom. The van der Waals surface area contributed by atoms with Gasteiger partial charge in [0.05, 0.1) is 12.0 Å². The number of non-ortho nitro benzene ring substituents is 1. The predicted octanol–water partition coefficient (Wildman–Crippen LogP) is 2.82. The molecule has 1 heterocycles. The maximum atomic E-state index is 10.7. The van der Waals surface area contributed by atoms with Gasteiger partial charge in [0.25, 0.3) is 5.69 Å². The van der Waals surface area contributed by atoms with Crippen LogP contribution in [0.2, 0.25) is 0 Å². The Morgan fingerprint density at radius 3 is 2.93 bits per heavy atom. The van der Waals surface area contributed by atoms with E-state index in [1.54, 1.807) is 18.6 Å². The van der Waals surface area contributed by atoms with E-state index in [9.17, 15) is 10.1 Å². The number of nitro benzene ring substituents is 1. The molecule has 2 rings (SSSR count). The largest absolute Gasteiger partial charge is 0.495 e. The van der Waals surface area contributed by atoms with Crippen LogP contribution >= 0.6 is 11.3 Å². The molecular formula is C9H7NO3S. The highest BCUT2D eigenvalue weighted by molar-refractivity contribution is 7.18. The summed E-state index contributed by atoms with van der Waals surface area (Å²) in [6.07, 6.45) is 0. The molecule has 0 saturated heterocycles. The monoisotopic (exact) mass is 209 g/mol. The van der Waals surface area contributed by atoms with Crippen molar-refractivity contribution in [3.8, 4) is 5.75 Å². The summed E-state index contributed by atoms with van der Waals surface area (Å²) in [6, 6.07) is 4.98. The summed E-state index contributed by atoms with van der Waals surface area (Å²) in [6.45, 7) is 0. The van der Waals surface area contributed by atoms with Gasteiger partial charge in [0.2, 0.25) is 0 Å². The zero-order chi connectivity index (χ0) is 10.1. The zero-order valence-electron chi connectivity index (χ0n) is 7.39. The topological polar surface area (TPSA) is 52.4 Å². The lowest BCUT2D eigenvalue weighted by molar-refractivity contribution is -0.382. The number of nitrogens with zero attached hydrogens (tertiary/aromatic N) is 1. The van der Waals surface area contributed by atoms with E-state index in [0.29, 0.717) is 10.4 Å². The summed E-state index contributed by atoms with van der Waals surface area (Å²) in [5, 5.41) is 13.3. The van der Waals surface area contributed by atoms with Gasteiger partial charge in [-0.3, -0.25) is 10.1 Å². The number of methoxy groups -OCH3 is 1. The molecule has 1 aromatic heterocycles. The third-order valence-electron chi connectivity index (χ3n) is 1.96. The number of nitro groups is 1. The van der Waals surface area contributed by atoms with Gasteiger partial charge < -0.3 is 4.74 Å². The second kappa shape index (κ2) is 3.26. The molecule has 0 bridgehead atoms. The Bertz CT molecular complexity index is 492. The molecule has 0 aliphatic heterocycles. The maximum Gasteiger partial charge on any atom is 0.287 e. The Kier molecular flexibility index (Phi) is 2.09. The molecule has 0 atom stereocenters. The van der Waals surface area contributed by atoms with Crippen LogP contribution in [0.3, 0.4) is 0 Å². The van der Waals surface area contributed by atoms with Crippen molar-refractivity contribution in [3.05, 3.63) is 33.7 Å². The molecule has 5 heteroatoms. The molecule has 72 valence electrons. The highest BCUT2D eigenvalue weighted by Gasteiger charge is 2.15. The van der Waals surface area contributed by atoms with Crippen molar-refractivity contribution in [1.82, 2.24) is 0 Å². The summed E-state index contributed by atoms with van der Waals surface area (Å²) < 4.78 is 5.75. The normalized spacial score (nSPS) is 10.4. The quantitative estimate of drug-likeness (QED) is 0.564. The SMILES string of the molecule is COc1csc2c([N+](=O)[O-])cccc12. The molecule has 0 unspecified atom stereocenters. The van der Waals surface area contributed by atoms with Gasteiger partial charge in [0.15, 0.2) is 0 Å². The molecular weight excluding hydrogens is 202 g/mol. The number of thiophene rings is 1. The fourth-order valence-electron chi connectivity index (χ4n) is 1.32. The standard InChI is InChI=1S/C9H7NO3S/c1-13-8-5-14-9-6(8)3-2-4-7(9)10(11)12/h2-5H,1H3. The lowest BCUT2D eigenvalue weighted by Crippen LogP contribution is -1.87. The Labute approximate surface area is 83.9 Å². The average Bonchev–Trinajstić information content (AvgIpc) is 2.59. The number of rotatable bonds is 2. The fraction of sp³-hybridized carbons (Fsp3) is 0.111. The molecule has 0 N–H and O–H groups in total. The molecule has 0 aliphatic rings. The van der Waals surface area contributed by atoms with Crippen LogP contribution < -0.4 is 4.74 Å². The van der Waals surface area contributed by atoms with Crippen molar-refractivity contribution < 1.29 is 9.66 Å². The zero-order valence-corrected chi connectivity index (χ0v) is 8.21. The molecule has 4 nitrogen and oxygen atoms in total. The third kappa shape index (κ3) is 1.22. The lowest BCUT2D eigenvalue weighted by atomic mass is 10.2. The van der Waals surface area contributed by atoms with Crippen molar-refractivity contribution >= 4 is 27.1 Å². The second-order valence-corrected chi connectivity index (χ2v) is 3.59. The van der Waals surface area contributed by atoms with Crippen LogP contribution in [0.5, 0.6) is 5.75 Å². The molecule has 0 amide bonds. The highest BCUT2D eigenvalue weighted by atomic mass is 32.1. The minimum Gasteiger partial charge on any atom is -0.495 e. The Hall–Kier alpha value is -1.62. The summed E-state index contributed by atoms with van der Waals surface area (Å²) in [5.41, 5.74) is 0.135. The molecule has 0 spiro atoms. The van der Waals surface area contributed by atoms with Gasteiger partial charge in [0.1, 0.15) is 10.4 Å². The summed E-state index contributed by atoms with van der Waals surface area (Å²) in [7, 11) is 1.56. The summed E-state index contributed by atoms with van der Waals surface area (Å²) in [4.78, 5) is 10.3. The van der Waals surface area contributed by atoms with E-state index in [2.05, 4.69) is 0 Å². The average molecular weight is 209 g/mol. The molecule has 0 fully saturated rings.